The van der Waals surface area contributed by atoms with E-state index in [2.05, 4.69) is 0 Å². The molecule has 0 heterocycles. The van der Waals surface area contributed by atoms with Gasteiger partial charge in [-0.1, -0.05) is 36.7 Å². The van der Waals surface area contributed by atoms with E-state index >= 15 is 0 Å². The van der Waals surface area contributed by atoms with Gasteiger partial charge >= 0.3 is 5.97 Å². The number of rotatable bonds is 7. The van der Waals surface area contributed by atoms with Gasteiger partial charge in [-0.3, -0.25) is 4.79 Å². The number of hydrogen-bond acceptors (Lipinski definition) is 3. The van der Waals surface area contributed by atoms with Gasteiger partial charge in [0.2, 0.25) is 0 Å². The number of hydrogen-bond donors (Lipinski definition) is 1. The van der Waals surface area contributed by atoms with Gasteiger partial charge in [-0.25, -0.2) is 9.18 Å². The molecule has 0 saturated carbocycles. The van der Waals surface area contributed by atoms with Gasteiger partial charge in [-0.15, -0.1) is 0 Å². The molecule has 0 unspecified atom stereocenters. The van der Waals surface area contributed by atoms with Crippen LogP contribution in [0.2, 0.25) is 5.02 Å². The number of carboxylic acid groups (broad SMARTS) is 1. The first kappa shape index (κ1) is 20.6. The van der Waals surface area contributed by atoms with E-state index in [0.717, 1.165) is 5.56 Å². The Morgan fingerprint density at radius 3 is 2.45 bits per heavy atom. The maximum Gasteiger partial charge on any atom is 0.335 e. The van der Waals surface area contributed by atoms with Crippen molar-refractivity contribution in [3.63, 3.8) is 0 Å². The second-order valence-corrected chi connectivity index (χ2v) is 7.09. The molecule has 3 aromatic carbocycles. The molecule has 3 aromatic rings. The summed E-state index contributed by atoms with van der Waals surface area (Å²) in [6.07, 6.45) is 0.173. The molecule has 29 heavy (non-hydrogen) atoms. The van der Waals surface area contributed by atoms with E-state index < -0.39 is 11.8 Å². The highest BCUT2D eigenvalue weighted by Gasteiger charge is 2.18. The van der Waals surface area contributed by atoms with Crippen molar-refractivity contribution in [3.05, 3.63) is 94.3 Å². The summed E-state index contributed by atoms with van der Waals surface area (Å²) in [6, 6.07) is 16.8. The lowest BCUT2D eigenvalue weighted by Crippen LogP contribution is -2.07. The summed E-state index contributed by atoms with van der Waals surface area (Å²) in [5.41, 5.74) is 1.33. The molecule has 0 fully saturated rings. The summed E-state index contributed by atoms with van der Waals surface area (Å²) in [6.45, 7) is 1.88. The molecular weight excluding hydrogens is 395 g/mol. The van der Waals surface area contributed by atoms with Crippen LogP contribution in [0.15, 0.2) is 66.7 Å². The summed E-state index contributed by atoms with van der Waals surface area (Å²) in [5, 5.41) is 9.39. The van der Waals surface area contributed by atoms with Crippen molar-refractivity contribution in [1.29, 1.82) is 0 Å². The van der Waals surface area contributed by atoms with Gasteiger partial charge in [-0.2, -0.15) is 0 Å². The first-order valence-electron chi connectivity index (χ1n) is 8.93. The van der Waals surface area contributed by atoms with Crippen LogP contribution in [-0.4, -0.2) is 16.9 Å². The van der Waals surface area contributed by atoms with E-state index in [9.17, 15) is 14.0 Å². The van der Waals surface area contributed by atoms with Crippen LogP contribution in [0.1, 0.15) is 45.5 Å². The second-order valence-electron chi connectivity index (χ2n) is 6.66. The summed E-state index contributed by atoms with van der Waals surface area (Å²) >= 11 is 6.07. The Hall–Kier alpha value is -3.18. The molecule has 0 amide bonds. The van der Waals surface area contributed by atoms with Gasteiger partial charge < -0.3 is 9.84 Å². The molecule has 0 aliphatic heterocycles. The van der Waals surface area contributed by atoms with Gasteiger partial charge in [0, 0.05) is 17.5 Å². The number of carboxylic acids is 1. The van der Waals surface area contributed by atoms with Crippen LogP contribution in [0.25, 0.3) is 0 Å². The Morgan fingerprint density at radius 1 is 1.07 bits per heavy atom. The molecule has 0 bridgehead atoms. The number of ether oxygens (including phenoxy) is 1. The van der Waals surface area contributed by atoms with Gasteiger partial charge in [0.1, 0.15) is 17.3 Å². The fraction of sp³-hybridized carbons (Fsp3) is 0.130. The molecule has 1 N–H and O–H groups in total. The Balaban J connectivity index is 1.80. The van der Waals surface area contributed by atoms with Gasteiger partial charge in [0.15, 0.2) is 5.78 Å². The minimum Gasteiger partial charge on any atom is -0.478 e. The van der Waals surface area contributed by atoms with Crippen molar-refractivity contribution in [2.75, 3.05) is 0 Å². The van der Waals surface area contributed by atoms with E-state index in [-0.39, 0.29) is 29.4 Å². The molecule has 6 heteroatoms. The Bertz CT molecular complexity index is 1050. The van der Waals surface area contributed by atoms with Gasteiger partial charge in [0.25, 0.3) is 0 Å². The summed E-state index contributed by atoms with van der Waals surface area (Å²) in [7, 11) is 0. The topological polar surface area (TPSA) is 63.6 Å². The number of carbonyl (C=O) groups is 2. The third-order valence-electron chi connectivity index (χ3n) is 4.48. The van der Waals surface area contributed by atoms with Crippen molar-refractivity contribution < 1.29 is 23.8 Å². The summed E-state index contributed by atoms with van der Waals surface area (Å²) in [4.78, 5) is 23.9. The quantitative estimate of drug-likeness (QED) is 0.459. The average molecular weight is 413 g/mol. The average Bonchev–Trinajstić information content (AvgIpc) is 2.69. The van der Waals surface area contributed by atoms with E-state index in [0.29, 0.717) is 16.3 Å². The van der Waals surface area contributed by atoms with Crippen LogP contribution in [0.4, 0.5) is 4.39 Å². The fourth-order valence-electron chi connectivity index (χ4n) is 2.93. The van der Waals surface area contributed by atoms with E-state index in [4.69, 9.17) is 21.4 Å². The lowest BCUT2D eigenvalue weighted by molar-refractivity contribution is 0.0696. The highest BCUT2D eigenvalue weighted by Crippen LogP contribution is 2.31. The van der Waals surface area contributed by atoms with Gasteiger partial charge in [0.05, 0.1) is 11.1 Å². The lowest BCUT2D eigenvalue weighted by atomic mass is 9.92. The van der Waals surface area contributed by atoms with Crippen molar-refractivity contribution in [2.45, 2.75) is 19.3 Å². The zero-order chi connectivity index (χ0) is 21.0. The van der Waals surface area contributed by atoms with Crippen LogP contribution in [0.5, 0.6) is 11.5 Å². The van der Waals surface area contributed by atoms with Crippen LogP contribution in [0, 0.1) is 5.82 Å². The van der Waals surface area contributed by atoms with Gasteiger partial charge in [-0.05, 0) is 53.9 Å². The van der Waals surface area contributed by atoms with Crippen molar-refractivity contribution in [1.82, 2.24) is 0 Å². The third kappa shape index (κ3) is 5.21. The largest absolute Gasteiger partial charge is 0.478 e. The van der Waals surface area contributed by atoms with Crippen molar-refractivity contribution >= 4 is 23.4 Å². The molecule has 148 valence electrons. The third-order valence-corrected chi connectivity index (χ3v) is 4.72. The van der Waals surface area contributed by atoms with E-state index in [1.54, 1.807) is 30.3 Å². The summed E-state index contributed by atoms with van der Waals surface area (Å²) < 4.78 is 19.1. The number of aromatic carboxylic acids is 1. The molecule has 0 aliphatic carbocycles. The number of Topliss-reactive ketones (excluding diaryl/α,β-unsaturated/α-hetero) is 1. The smallest absolute Gasteiger partial charge is 0.335 e. The highest BCUT2D eigenvalue weighted by atomic mass is 35.5. The maximum atomic E-state index is 13.4. The van der Waals surface area contributed by atoms with Crippen LogP contribution >= 0.6 is 11.6 Å². The second kappa shape index (κ2) is 8.88. The standard InChI is InChI=1S/C23H18ClFO4/c1-14(15-5-7-16(8-6-15)23(27)28)11-21(26)20-12-17(24)9-10-22(20)29-19-4-2-3-18(25)13-19/h2-10,12-14H,11H2,1H3,(H,27,28)/t14-/m1/s1. The SMILES string of the molecule is C[C@H](CC(=O)c1cc(Cl)ccc1Oc1cccc(F)c1)c1ccc(C(=O)O)cc1. The zero-order valence-electron chi connectivity index (χ0n) is 15.6. The molecule has 4 nitrogen and oxygen atoms in total. The normalized spacial score (nSPS) is 11.7. The maximum absolute atomic E-state index is 13.4. The fourth-order valence-corrected chi connectivity index (χ4v) is 3.10. The highest BCUT2D eigenvalue weighted by molar-refractivity contribution is 6.31. The van der Waals surface area contributed by atoms with Crippen LogP contribution in [-0.2, 0) is 0 Å². The number of benzene rings is 3. The number of carbonyl (C=O) groups excluding carboxylic acids is 1. The molecule has 0 aromatic heterocycles. The number of ketones is 1. The zero-order valence-corrected chi connectivity index (χ0v) is 16.3. The summed E-state index contributed by atoms with van der Waals surface area (Å²) in [5.74, 6) is -1.21. The minimum atomic E-state index is -1.00. The predicted molar refractivity (Wildman–Crippen MR) is 109 cm³/mol. The molecule has 0 saturated heterocycles. The number of halogens is 2. The Morgan fingerprint density at radius 2 is 1.79 bits per heavy atom. The molecular formula is C23H18ClFO4. The lowest BCUT2D eigenvalue weighted by Gasteiger charge is -2.14. The molecule has 1 atom stereocenters. The van der Waals surface area contributed by atoms with E-state index in [1.165, 1.54) is 36.4 Å². The van der Waals surface area contributed by atoms with E-state index in [1.807, 2.05) is 6.92 Å². The first-order chi connectivity index (χ1) is 13.8. The predicted octanol–water partition coefficient (Wildman–Crippen LogP) is 6.35. The van der Waals surface area contributed by atoms with Crippen molar-refractivity contribution in [3.8, 4) is 11.5 Å². The Kier molecular flexibility index (Phi) is 6.29. The van der Waals surface area contributed by atoms with Crippen LogP contribution < -0.4 is 4.74 Å². The molecule has 0 radical (unpaired) electrons. The molecule has 0 spiro atoms. The molecule has 0 aliphatic rings. The monoisotopic (exact) mass is 412 g/mol. The Labute approximate surface area is 172 Å². The van der Waals surface area contributed by atoms with Crippen LogP contribution in [0.3, 0.4) is 0 Å². The van der Waals surface area contributed by atoms with Crippen molar-refractivity contribution in [2.24, 2.45) is 0 Å². The first-order valence-corrected chi connectivity index (χ1v) is 9.30. The minimum absolute atomic E-state index is 0.147. The molecule has 3 rings (SSSR count).